The summed E-state index contributed by atoms with van der Waals surface area (Å²) in [6.45, 7) is 3.71. The molecule has 0 aliphatic carbocycles. The number of thiazole rings is 1. The lowest BCUT2D eigenvalue weighted by molar-refractivity contribution is -0.118. The van der Waals surface area contributed by atoms with Crippen LogP contribution in [-0.4, -0.2) is 41.3 Å². The van der Waals surface area contributed by atoms with Crippen molar-refractivity contribution in [3.05, 3.63) is 38.5 Å². The zero-order chi connectivity index (χ0) is 16.9. The molecular weight excluding hydrogens is 342 g/mol. The molecule has 0 spiro atoms. The topological polar surface area (TPSA) is 62.3 Å². The van der Waals surface area contributed by atoms with E-state index in [9.17, 15) is 9.59 Å². The van der Waals surface area contributed by atoms with Crippen LogP contribution in [0.2, 0.25) is 0 Å². The number of carbonyl (C=O) groups excluding carboxylic acids is 2. The quantitative estimate of drug-likeness (QED) is 0.888. The second-order valence-electron chi connectivity index (χ2n) is 6.01. The van der Waals surface area contributed by atoms with E-state index in [1.165, 1.54) is 6.92 Å². The zero-order valence-electron chi connectivity index (χ0n) is 13.7. The maximum absolute atomic E-state index is 12.5. The summed E-state index contributed by atoms with van der Waals surface area (Å²) < 4.78 is 0. The first-order valence-electron chi connectivity index (χ1n) is 8.13. The maximum atomic E-state index is 12.5. The number of thiophene rings is 1. The number of amides is 2. The largest absolute Gasteiger partial charge is 0.356 e. The molecule has 3 heterocycles. The highest BCUT2D eigenvalue weighted by Gasteiger charge is 2.27. The molecule has 128 valence electrons. The lowest BCUT2D eigenvalue weighted by Crippen LogP contribution is -2.38. The number of nitrogens with one attached hydrogen (secondary N) is 1. The van der Waals surface area contributed by atoms with Crippen LogP contribution in [0.5, 0.6) is 0 Å². The highest BCUT2D eigenvalue weighted by atomic mass is 32.1. The van der Waals surface area contributed by atoms with E-state index in [0.29, 0.717) is 12.5 Å². The number of nitrogens with zero attached hydrogens (tertiary/aromatic N) is 2. The molecule has 7 heteroatoms. The summed E-state index contributed by atoms with van der Waals surface area (Å²) >= 11 is 3.22. The van der Waals surface area contributed by atoms with Crippen molar-refractivity contribution in [1.82, 2.24) is 15.2 Å². The second kappa shape index (κ2) is 7.90. The van der Waals surface area contributed by atoms with Crippen molar-refractivity contribution >= 4 is 34.5 Å². The van der Waals surface area contributed by atoms with E-state index in [-0.39, 0.29) is 11.8 Å². The van der Waals surface area contributed by atoms with E-state index in [0.717, 1.165) is 48.6 Å². The van der Waals surface area contributed by atoms with Gasteiger partial charge in [-0.15, -0.1) is 11.3 Å². The van der Waals surface area contributed by atoms with E-state index in [1.54, 1.807) is 22.7 Å². The molecule has 3 rings (SSSR count). The van der Waals surface area contributed by atoms with Gasteiger partial charge in [0.2, 0.25) is 5.91 Å². The van der Waals surface area contributed by atoms with Gasteiger partial charge in [-0.1, -0.05) is 0 Å². The Morgan fingerprint density at radius 3 is 3.04 bits per heavy atom. The van der Waals surface area contributed by atoms with Crippen molar-refractivity contribution in [2.45, 2.75) is 32.1 Å². The average molecular weight is 364 g/mol. The van der Waals surface area contributed by atoms with E-state index in [1.807, 2.05) is 21.7 Å². The Bertz CT molecular complexity index is 697. The van der Waals surface area contributed by atoms with Crippen molar-refractivity contribution < 1.29 is 9.59 Å². The SMILES string of the molecule is CC(=O)NCCc1csc([C@H]2CCCN(C(=O)c3ccsc3)C2)n1. The highest BCUT2D eigenvalue weighted by Crippen LogP contribution is 2.30. The van der Waals surface area contributed by atoms with Crippen LogP contribution in [0.4, 0.5) is 0 Å². The summed E-state index contributed by atoms with van der Waals surface area (Å²) in [5, 5.41) is 9.82. The minimum atomic E-state index is -0.0136. The molecule has 0 unspecified atom stereocenters. The molecule has 2 aromatic heterocycles. The van der Waals surface area contributed by atoms with E-state index in [4.69, 9.17) is 4.98 Å². The number of piperidine rings is 1. The smallest absolute Gasteiger partial charge is 0.254 e. The van der Waals surface area contributed by atoms with Gasteiger partial charge in [-0.25, -0.2) is 4.98 Å². The summed E-state index contributed by atoms with van der Waals surface area (Å²) in [5.74, 6) is 0.435. The fraction of sp³-hybridized carbons (Fsp3) is 0.471. The minimum absolute atomic E-state index is 0.0136. The van der Waals surface area contributed by atoms with Crippen molar-refractivity contribution in [2.24, 2.45) is 0 Å². The van der Waals surface area contributed by atoms with Crippen molar-refractivity contribution in [3.8, 4) is 0 Å². The van der Waals surface area contributed by atoms with E-state index in [2.05, 4.69) is 10.7 Å². The Labute approximate surface area is 149 Å². The van der Waals surface area contributed by atoms with Gasteiger partial charge in [-0.05, 0) is 24.3 Å². The molecule has 1 atom stereocenters. The van der Waals surface area contributed by atoms with Crippen molar-refractivity contribution in [3.63, 3.8) is 0 Å². The fourth-order valence-electron chi connectivity index (χ4n) is 2.92. The number of hydrogen-bond acceptors (Lipinski definition) is 5. The summed E-state index contributed by atoms with van der Waals surface area (Å²) in [7, 11) is 0. The van der Waals surface area contributed by atoms with Gasteiger partial charge in [-0.2, -0.15) is 11.3 Å². The summed E-state index contributed by atoms with van der Waals surface area (Å²) in [6, 6.07) is 1.89. The summed E-state index contributed by atoms with van der Waals surface area (Å²) in [4.78, 5) is 30.1. The van der Waals surface area contributed by atoms with Crippen molar-refractivity contribution in [2.75, 3.05) is 19.6 Å². The first kappa shape index (κ1) is 17.1. The molecule has 1 saturated heterocycles. The van der Waals surface area contributed by atoms with Gasteiger partial charge in [0.25, 0.3) is 5.91 Å². The Morgan fingerprint density at radius 2 is 2.29 bits per heavy atom. The Hall–Kier alpha value is -1.73. The van der Waals surface area contributed by atoms with E-state index < -0.39 is 0 Å². The number of carbonyl (C=O) groups is 2. The third kappa shape index (κ3) is 4.21. The monoisotopic (exact) mass is 363 g/mol. The molecule has 0 saturated carbocycles. The molecule has 0 aromatic carbocycles. The molecule has 2 amide bonds. The lowest BCUT2D eigenvalue weighted by atomic mass is 9.98. The maximum Gasteiger partial charge on any atom is 0.254 e. The van der Waals surface area contributed by atoms with Gasteiger partial charge in [0.1, 0.15) is 0 Å². The second-order valence-corrected chi connectivity index (χ2v) is 7.68. The van der Waals surface area contributed by atoms with Gasteiger partial charge in [-0.3, -0.25) is 9.59 Å². The third-order valence-electron chi connectivity index (χ3n) is 4.15. The molecule has 1 fully saturated rings. The Kier molecular flexibility index (Phi) is 5.63. The van der Waals surface area contributed by atoms with Gasteiger partial charge >= 0.3 is 0 Å². The van der Waals surface area contributed by atoms with Crippen LogP contribution < -0.4 is 5.32 Å². The molecule has 1 aliphatic rings. The molecule has 1 N–H and O–H groups in total. The fourth-order valence-corrected chi connectivity index (χ4v) is 4.54. The number of aromatic nitrogens is 1. The van der Waals surface area contributed by atoms with Gasteiger partial charge in [0.15, 0.2) is 0 Å². The lowest BCUT2D eigenvalue weighted by Gasteiger charge is -2.31. The van der Waals surface area contributed by atoms with Gasteiger partial charge in [0, 0.05) is 49.7 Å². The van der Waals surface area contributed by atoms with Gasteiger partial charge in [0.05, 0.1) is 16.3 Å². The zero-order valence-corrected chi connectivity index (χ0v) is 15.3. The van der Waals surface area contributed by atoms with Crippen LogP contribution >= 0.6 is 22.7 Å². The molecule has 5 nitrogen and oxygen atoms in total. The first-order valence-corrected chi connectivity index (χ1v) is 9.96. The normalized spacial score (nSPS) is 17.7. The molecular formula is C17H21N3O2S2. The molecule has 1 aliphatic heterocycles. The number of hydrogen-bond donors (Lipinski definition) is 1. The van der Waals surface area contributed by atoms with Crippen LogP contribution in [0.3, 0.4) is 0 Å². The average Bonchev–Trinajstić information content (AvgIpc) is 3.26. The minimum Gasteiger partial charge on any atom is -0.356 e. The first-order chi connectivity index (χ1) is 11.6. The predicted octanol–water partition coefficient (Wildman–Crippen LogP) is 2.90. The molecule has 2 aromatic rings. The van der Waals surface area contributed by atoms with Crippen LogP contribution in [0.15, 0.2) is 22.2 Å². The number of likely N-dealkylation sites (tertiary alicyclic amines) is 1. The van der Waals surface area contributed by atoms with Crippen LogP contribution in [0.25, 0.3) is 0 Å². The Morgan fingerprint density at radius 1 is 1.42 bits per heavy atom. The van der Waals surface area contributed by atoms with Crippen molar-refractivity contribution in [1.29, 1.82) is 0 Å². The molecule has 24 heavy (non-hydrogen) atoms. The summed E-state index contributed by atoms with van der Waals surface area (Å²) in [6.07, 6.45) is 2.84. The van der Waals surface area contributed by atoms with E-state index >= 15 is 0 Å². The molecule has 0 bridgehead atoms. The highest BCUT2D eigenvalue weighted by molar-refractivity contribution is 7.09. The van der Waals surface area contributed by atoms with Crippen LogP contribution in [-0.2, 0) is 11.2 Å². The molecule has 0 radical (unpaired) electrons. The third-order valence-corrected chi connectivity index (χ3v) is 5.89. The van der Waals surface area contributed by atoms with Crippen LogP contribution in [0.1, 0.15) is 46.7 Å². The van der Waals surface area contributed by atoms with Crippen LogP contribution in [0, 0.1) is 0 Å². The Balaban J connectivity index is 1.59. The number of rotatable bonds is 5. The van der Waals surface area contributed by atoms with Gasteiger partial charge < -0.3 is 10.2 Å². The summed E-state index contributed by atoms with van der Waals surface area (Å²) in [5.41, 5.74) is 1.81. The standard InChI is InChI=1S/C17H21N3O2S2/c1-12(21)18-6-4-15-11-24-16(19-15)13-3-2-7-20(9-13)17(22)14-5-8-23-10-14/h5,8,10-11,13H,2-4,6-7,9H2,1H3,(H,18,21)/t13-/m0/s1. The predicted molar refractivity (Wildman–Crippen MR) is 96.7 cm³/mol.